The van der Waals surface area contributed by atoms with Gasteiger partial charge in [-0.05, 0) is 83.5 Å². The van der Waals surface area contributed by atoms with E-state index in [0.717, 1.165) is 77.0 Å². The Kier molecular flexibility index (Phi) is 58.7. The Labute approximate surface area is 448 Å². The van der Waals surface area contributed by atoms with Gasteiger partial charge in [0.15, 0.2) is 6.10 Å². The topological polar surface area (TPSA) is 78.9 Å². The number of carbonyl (C=O) groups is 3. The second-order valence-corrected chi connectivity index (χ2v) is 21.3. The van der Waals surface area contributed by atoms with Crippen LogP contribution < -0.4 is 0 Å². The molecule has 1 unspecified atom stereocenters. The first kappa shape index (κ1) is 69.4. The Bertz CT molecular complexity index is 1250. The minimum Gasteiger partial charge on any atom is -0.462 e. The van der Waals surface area contributed by atoms with Crippen LogP contribution in [0.3, 0.4) is 0 Å². The summed E-state index contributed by atoms with van der Waals surface area (Å²) in [5.74, 6) is -0.865. The van der Waals surface area contributed by atoms with Crippen molar-refractivity contribution in [3.63, 3.8) is 0 Å². The van der Waals surface area contributed by atoms with Gasteiger partial charge in [-0.15, -0.1) is 0 Å². The maximum Gasteiger partial charge on any atom is 0.306 e. The molecular formula is C66H120O6. The molecule has 6 nitrogen and oxygen atoms in total. The quantitative estimate of drug-likeness (QED) is 0.0261. The van der Waals surface area contributed by atoms with E-state index in [1.807, 2.05) is 0 Å². The monoisotopic (exact) mass is 1010 g/mol. The smallest absolute Gasteiger partial charge is 0.306 e. The zero-order chi connectivity index (χ0) is 52.2. The normalized spacial score (nSPS) is 12.3. The summed E-state index contributed by atoms with van der Waals surface area (Å²) < 4.78 is 16.9. The molecule has 420 valence electrons. The lowest BCUT2D eigenvalue weighted by Gasteiger charge is -2.18. The largest absolute Gasteiger partial charge is 0.462 e. The van der Waals surface area contributed by atoms with Crippen molar-refractivity contribution in [2.24, 2.45) is 0 Å². The van der Waals surface area contributed by atoms with Gasteiger partial charge in [0.2, 0.25) is 0 Å². The van der Waals surface area contributed by atoms with Crippen molar-refractivity contribution in [1.29, 1.82) is 0 Å². The summed E-state index contributed by atoms with van der Waals surface area (Å²) in [5.41, 5.74) is 0. The molecule has 0 heterocycles. The molecule has 0 saturated heterocycles. The molecule has 0 aromatic carbocycles. The zero-order valence-corrected chi connectivity index (χ0v) is 48.2. The van der Waals surface area contributed by atoms with Gasteiger partial charge in [-0.25, -0.2) is 0 Å². The highest BCUT2D eigenvalue weighted by Crippen LogP contribution is 2.17. The lowest BCUT2D eigenvalue weighted by molar-refractivity contribution is -0.167. The van der Waals surface area contributed by atoms with Gasteiger partial charge in [-0.2, -0.15) is 0 Å². The lowest BCUT2D eigenvalue weighted by atomic mass is 10.0. The zero-order valence-electron chi connectivity index (χ0n) is 48.2. The highest BCUT2D eigenvalue weighted by Gasteiger charge is 2.19. The molecule has 1 atom stereocenters. The minimum absolute atomic E-state index is 0.0740. The third-order valence-electron chi connectivity index (χ3n) is 14.1. The van der Waals surface area contributed by atoms with Crippen LogP contribution in [0.15, 0.2) is 48.6 Å². The summed E-state index contributed by atoms with van der Waals surface area (Å²) >= 11 is 0. The Morgan fingerprint density at radius 1 is 0.278 bits per heavy atom. The Balaban J connectivity index is 4.36. The van der Waals surface area contributed by atoms with Gasteiger partial charge in [-0.1, -0.05) is 281 Å². The molecule has 0 amide bonds. The number of allylic oxidation sites excluding steroid dienone is 8. The van der Waals surface area contributed by atoms with Crippen LogP contribution in [-0.4, -0.2) is 37.2 Å². The average molecular weight is 1010 g/mol. The fourth-order valence-electron chi connectivity index (χ4n) is 9.27. The molecule has 6 heteroatoms. The molecule has 0 aliphatic carbocycles. The van der Waals surface area contributed by atoms with E-state index in [1.54, 1.807) is 0 Å². The fraction of sp³-hybridized carbons (Fsp3) is 0.833. The Morgan fingerprint density at radius 3 is 0.806 bits per heavy atom. The van der Waals surface area contributed by atoms with Crippen molar-refractivity contribution in [3.8, 4) is 0 Å². The van der Waals surface area contributed by atoms with Crippen LogP contribution in [0.5, 0.6) is 0 Å². The molecule has 0 aromatic heterocycles. The number of ether oxygens (including phenoxy) is 3. The molecule has 0 saturated carbocycles. The second kappa shape index (κ2) is 60.9. The number of esters is 3. The van der Waals surface area contributed by atoms with E-state index in [9.17, 15) is 14.4 Å². The number of unbranched alkanes of at least 4 members (excludes halogenated alkanes) is 39. The summed E-state index contributed by atoms with van der Waals surface area (Å²) in [5, 5.41) is 0. The molecule has 0 spiro atoms. The van der Waals surface area contributed by atoms with Gasteiger partial charge in [0, 0.05) is 19.3 Å². The van der Waals surface area contributed by atoms with Crippen LogP contribution in [0.1, 0.15) is 335 Å². The first-order valence-electron chi connectivity index (χ1n) is 31.6. The number of hydrogen-bond donors (Lipinski definition) is 0. The highest BCUT2D eigenvalue weighted by atomic mass is 16.6. The fourth-order valence-corrected chi connectivity index (χ4v) is 9.27. The van der Waals surface area contributed by atoms with Gasteiger partial charge in [0.25, 0.3) is 0 Å². The molecule has 0 bridgehead atoms. The molecule has 0 fully saturated rings. The molecule has 0 rings (SSSR count). The van der Waals surface area contributed by atoms with E-state index in [-0.39, 0.29) is 31.1 Å². The van der Waals surface area contributed by atoms with Crippen molar-refractivity contribution in [2.45, 2.75) is 341 Å². The second-order valence-electron chi connectivity index (χ2n) is 21.3. The highest BCUT2D eigenvalue weighted by molar-refractivity contribution is 5.71. The number of carbonyl (C=O) groups excluding carboxylic acids is 3. The summed E-state index contributed by atoms with van der Waals surface area (Å²) in [6.07, 6.45) is 75.3. The maximum atomic E-state index is 12.9. The van der Waals surface area contributed by atoms with Crippen LogP contribution in [0.4, 0.5) is 0 Å². The summed E-state index contributed by atoms with van der Waals surface area (Å²) in [7, 11) is 0. The van der Waals surface area contributed by atoms with Crippen molar-refractivity contribution in [3.05, 3.63) is 48.6 Å². The van der Waals surface area contributed by atoms with Crippen molar-refractivity contribution in [2.75, 3.05) is 13.2 Å². The molecule has 0 aliphatic heterocycles. The minimum atomic E-state index is -0.778. The van der Waals surface area contributed by atoms with Gasteiger partial charge in [0.05, 0.1) is 0 Å². The maximum absolute atomic E-state index is 12.9. The van der Waals surface area contributed by atoms with Crippen LogP contribution in [0.2, 0.25) is 0 Å². The third-order valence-corrected chi connectivity index (χ3v) is 14.1. The predicted molar refractivity (Wildman–Crippen MR) is 312 cm³/mol. The van der Waals surface area contributed by atoms with E-state index < -0.39 is 6.10 Å². The Hall–Kier alpha value is -2.63. The van der Waals surface area contributed by atoms with E-state index in [0.29, 0.717) is 19.3 Å². The van der Waals surface area contributed by atoms with Gasteiger partial charge in [-0.3, -0.25) is 14.4 Å². The van der Waals surface area contributed by atoms with Gasteiger partial charge in [0.1, 0.15) is 13.2 Å². The Morgan fingerprint density at radius 2 is 0.500 bits per heavy atom. The van der Waals surface area contributed by atoms with Crippen molar-refractivity contribution < 1.29 is 28.6 Å². The molecular weight excluding hydrogens is 889 g/mol. The molecule has 0 aromatic rings. The van der Waals surface area contributed by atoms with E-state index in [1.165, 1.54) is 218 Å². The average Bonchev–Trinajstić information content (AvgIpc) is 3.38. The first-order valence-corrected chi connectivity index (χ1v) is 31.6. The van der Waals surface area contributed by atoms with E-state index in [2.05, 4.69) is 69.4 Å². The summed E-state index contributed by atoms with van der Waals surface area (Å²) in [6.45, 7) is 6.64. The van der Waals surface area contributed by atoms with Crippen LogP contribution >= 0.6 is 0 Å². The summed E-state index contributed by atoms with van der Waals surface area (Å²) in [6, 6.07) is 0. The number of rotatable bonds is 58. The summed E-state index contributed by atoms with van der Waals surface area (Å²) in [4.78, 5) is 38.3. The van der Waals surface area contributed by atoms with E-state index in [4.69, 9.17) is 14.2 Å². The number of hydrogen-bond acceptors (Lipinski definition) is 6. The molecule has 0 N–H and O–H groups in total. The SMILES string of the molecule is CCCCC/C=C\C/C=C\CCCCCCCCCCCC(=O)OCC(COC(=O)CCCCCCCCCCCCCCCCCCC)OC(=O)CCCCCCCCC/C=C\C/C=C\CCCCCC. The van der Waals surface area contributed by atoms with Crippen LogP contribution in [0, 0.1) is 0 Å². The first-order chi connectivity index (χ1) is 35.5. The molecule has 0 radical (unpaired) electrons. The van der Waals surface area contributed by atoms with Crippen molar-refractivity contribution in [1.82, 2.24) is 0 Å². The van der Waals surface area contributed by atoms with Crippen molar-refractivity contribution >= 4 is 17.9 Å². The third kappa shape index (κ3) is 58.3. The standard InChI is InChI=1S/C66H120O6/c1-4-7-10-13-16-19-22-25-28-31-33-36-38-41-44-47-50-53-56-59-65(68)71-62-63(61-70-64(67)58-55-52-49-46-43-40-37-34-30-27-24-21-18-15-12-9-6-3)72-66(69)60-57-54-51-48-45-42-39-35-32-29-26-23-20-17-14-11-8-5-2/h16,19-20,23,25,28-29,32,63H,4-15,17-18,21-22,24,26-27,30-31,33-62H2,1-3H3/b19-16-,23-20-,28-25-,32-29-. The van der Waals surface area contributed by atoms with Gasteiger partial charge < -0.3 is 14.2 Å². The van der Waals surface area contributed by atoms with Gasteiger partial charge >= 0.3 is 17.9 Å². The van der Waals surface area contributed by atoms with Crippen LogP contribution in [0.25, 0.3) is 0 Å². The molecule has 72 heavy (non-hydrogen) atoms. The predicted octanol–water partition coefficient (Wildman–Crippen LogP) is 21.4. The molecule has 0 aliphatic rings. The van der Waals surface area contributed by atoms with Crippen LogP contribution in [-0.2, 0) is 28.6 Å². The van der Waals surface area contributed by atoms with E-state index >= 15 is 0 Å². The lowest BCUT2D eigenvalue weighted by Crippen LogP contribution is -2.30.